The van der Waals surface area contributed by atoms with Gasteiger partial charge in [-0.05, 0) is 37.7 Å². The van der Waals surface area contributed by atoms with Crippen molar-refractivity contribution in [2.24, 2.45) is 5.73 Å². The topological polar surface area (TPSA) is 29.3 Å². The summed E-state index contributed by atoms with van der Waals surface area (Å²) < 4.78 is 0. The highest BCUT2D eigenvalue weighted by Crippen LogP contribution is 2.19. The lowest BCUT2D eigenvalue weighted by Crippen LogP contribution is -2.28. The normalized spacial score (nSPS) is 24.3. The molecule has 2 nitrogen and oxygen atoms in total. The fraction of sp³-hybridized carbons (Fsp3) is 0.636. The van der Waals surface area contributed by atoms with Crippen LogP contribution in [0.2, 0.25) is 0 Å². The molecule has 0 amide bonds. The summed E-state index contributed by atoms with van der Waals surface area (Å²) in [4.78, 5) is 2.28. The standard InChI is InChI=1S/C9H16N2.C2H6/c1-3-8-4-5-11(2)7-9(8)6-10;1-2/h3,6H,4-5,7,10H2,1-2H3;1-2H3/b8-3-,9-6-;. The van der Waals surface area contributed by atoms with E-state index < -0.39 is 0 Å². The first-order valence-electron chi connectivity index (χ1n) is 5.02. The van der Waals surface area contributed by atoms with Gasteiger partial charge in [0.25, 0.3) is 0 Å². The predicted molar refractivity (Wildman–Crippen MR) is 59.5 cm³/mol. The lowest BCUT2D eigenvalue weighted by molar-refractivity contribution is 0.347. The first-order valence-corrected chi connectivity index (χ1v) is 5.02. The van der Waals surface area contributed by atoms with Crippen molar-refractivity contribution in [3.63, 3.8) is 0 Å². The van der Waals surface area contributed by atoms with E-state index in [0.717, 1.165) is 19.5 Å². The van der Waals surface area contributed by atoms with Crippen LogP contribution in [0.1, 0.15) is 27.2 Å². The van der Waals surface area contributed by atoms with Gasteiger partial charge < -0.3 is 10.6 Å². The second-order valence-corrected chi connectivity index (χ2v) is 2.99. The minimum absolute atomic E-state index is 0.996. The van der Waals surface area contributed by atoms with Gasteiger partial charge in [-0.3, -0.25) is 0 Å². The van der Waals surface area contributed by atoms with Crippen LogP contribution in [-0.4, -0.2) is 25.0 Å². The monoisotopic (exact) mass is 182 g/mol. The van der Waals surface area contributed by atoms with E-state index >= 15 is 0 Å². The van der Waals surface area contributed by atoms with Crippen LogP contribution >= 0.6 is 0 Å². The highest BCUT2D eigenvalue weighted by Gasteiger charge is 2.13. The molecule has 0 atom stereocenters. The fourth-order valence-electron chi connectivity index (χ4n) is 1.43. The van der Waals surface area contributed by atoms with Crippen molar-refractivity contribution in [2.45, 2.75) is 27.2 Å². The predicted octanol–water partition coefficient (Wildman–Crippen LogP) is 2.14. The lowest BCUT2D eigenvalue weighted by Gasteiger charge is -2.26. The van der Waals surface area contributed by atoms with Crippen LogP contribution in [0, 0.1) is 0 Å². The van der Waals surface area contributed by atoms with Gasteiger partial charge in [-0.1, -0.05) is 19.9 Å². The van der Waals surface area contributed by atoms with Crippen LogP contribution in [0.5, 0.6) is 0 Å². The lowest BCUT2D eigenvalue weighted by atomic mass is 9.99. The van der Waals surface area contributed by atoms with E-state index in [1.54, 1.807) is 6.20 Å². The van der Waals surface area contributed by atoms with Crippen LogP contribution in [0.15, 0.2) is 23.4 Å². The molecule has 0 aromatic carbocycles. The number of likely N-dealkylation sites (N-methyl/N-ethyl adjacent to an activating group) is 1. The molecule has 0 radical (unpaired) electrons. The third kappa shape index (κ3) is 3.64. The van der Waals surface area contributed by atoms with E-state index in [4.69, 9.17) is 5.73 Å². The van der Waals surface area contributed by atoms with Gasteiger partial charge in [0.2, 0.25) is 0 Å². The molecular weight excluding hydrogens is 160 g/mol. The Morgan fingerprint density at radius 1 is 1.31 bits per heavy atom. The molecule has 0 aliphatic carbocycles. The number of nitrogens with two attached hydrogens (primary N) is 1. The van der Waals surface area contributed by atoms with E-state index in [1.807, 2.05) is 13.8 Å². The van der Waals surface area contributed by atoms with Crippen molar-refractivity contribution in [3.05, 3.63) is 23.4 Å². The van der Waals surface area contributed by atoms with Crippen LogP contribution < -0.4 is 5.73 Å². The molecule has 0 spiro atoms. The second-order valence-electron chi connectivity index (χ2n) is 2.99. The van der Waals surface area contributed by atoms with Crippen molar-refractivity contribution in [1.82, 2.24) is 4.90 Å². The molecule has 1 rings (SSSR count). The molecule has 1 aliphatic heterocycles. The summed E-state index contributed by atoms with van der Waals surface area (Å²) in [5.74, 6) is 0. The van der Waals surface area contributed by atoms with Gasteiger partial charge in [0.15, 0.2) is 0 Å². The Bertz CT molecular complexity index is 192. The molecule has 13 heavy (non-hydrogen) atoms. The highest BCUT2D eigenvalue weighted by atomic mass is 15.1. The number of nitrogens with zero attached hydrogens (tertiary/aromatic N) is 1. The first kappa shape index (κ1) is 12.2. The molecule has 0 aromatic rings. The smallest absolute Gasteiger partial charge is 0.0247 e. The first-order chi connectivity index (χ1) is 6.27. The summed E-state index contributed by atoms with van der Waals surface area (Å²) in [5, 5.41) is 0. The van der Waals surface area contributed by atoms with Crippen LogP contribution in [0.25, 0.3) is 0 Å². The highest BCUT2D eigenvalue weighted by molar-refractivity contribution is 5.33. The number of hydrogen-bond donors (Lipinski definition) is 1. The minimum Gasteiger partial charge on any atom is -0.404 e. The summed E-state index contributed by atoms with van der Waals surface area (Å²) in [6, 6.07) is 0. The van der Waals surface area contributed by atoms with Crippen LogP contribution in [0.4, 0.5) is 0 Å². The quantitative estimate of drug-likeness (QED) is 0.622. The average molecular weight is 182 g/mol. The van der Waals surface area contributed by atoms with Crippen LogP contribution in [-0.2, 0) is 0 Å². The van der Waals surface area contributed by atoms with E-state index in [-0.39, 0.29) is 0 Å². The summed E-state index contributed by atoms with van der Waals surface area (Å²) in [5.41, 5.74) is 8.19. The maximum Gasteiger partial charge on any atom is 0.0247 e. The molecular formula is C11H22N2. The number of allylic oxidation sites excluding steroid dienone is 1. The number of rotatable bonds is 0. The van der Waals surface area contributed by atoms with Gasteiger partial charge in [0, 0.05) is 13.1 Å². The summed E-state index contributed by atoms with van der Waals surface area (Å²) >= 11 is 0. The third-order valence-corrected chi connectivity index (χ3v) is 2.17. The molecule has 1 saturated heterocycles. The summed E-state index contributed by atoms with van der Waals surface area (Å²) in [6.45, 7) is 8.22. The molecule has 0 aromatic heterocycles. The van der Waals surface area contributed by atoms with Gasteiger partial charge in [-0.25, -0.2) is 0 Å². The number of likely N-dealkylation sites (tertiary alicyclic amines) is 1. The van der Waals surface area contributed by atoms with Crippen molar-refractivity contribution >= 4 is 0 Å². The number of piperidine rings is 1. The molecule has 0 saturated carbocycles. The molecule has 1 aliphatic rings. The van der Waals surface area contributed by atoms with Gasteiger partial charge in [-0.15, -0.1) is 0 Å². The second kappa shape index (κ2) is 6.72. The molecule has 1 fully saturated rings. The Kier molecular flexibility index (Phi) is 6.33. The van der Waals surface area contributed by atoms with Gasteiger partial charge in [-0.2, -0.15) is 0 Å². The van der Waals surface area contributed by atoms with Crippen molar-refractivity contribution in [3.8, 4) is 0 Å². The molecule has 2 N–H and O–H groups in total. The van der Waals surface area contributed by atoms with E-state index in [0.29, 0.717) is 0 Å². The molecule has 2 heteroatoms. The molecule has 0 unspecified atom stereocenters. The number of hydrogen-bond acceptors (Lipinski definition) is 2. The van der Waals surface area contributed by atoms with E-state index in [2.05, 4.69) is 24.9 Å². The van der Waals surface area contributed by atoms with E-state index in [1.165, 1.54) is 11.1 Å². The fourth-order valence-corrected chi connectivity index (χ4v) is 1.43. The van der Waals surface area contributed by atoms with E-state index in [9.17, 15) is 0 Å². The summed E-state index contributed by atoms with van der Waals surface area (Å²) in [7, 11) is 2.12. The van der Waals surface area contributed by atoms with Crippen molar-refractivity contribution in [1.29, 1.82) is 0 Å². The van der Waals surface area contributed by atoms with Gasteiger partial charge in [0.1, 0.15) is 0 Å². The van der Waals surface area contributed by atoms with Gasteiger partial charge in [0.05, 0.1) is 0 Å². The third-order valence-electron chi connectivity index (χ3n) is 2.17. The molecule has 1 heterocycles. The average Bonchev–Trinajstić information content (AvgIpc) is 2.20. The zero-order valence-corrected chi connectivity index (χ0v) is 9.30. The maximum atomic E-state index is 5.50. The molecule has 76 valence electrons. The van der Waals surface area contributed by atoms with Crippen molar-refractivity contribution < 1.29 is 0 Å². The maximum absolute atomic E-state index is 5.50. The Morgan fingerprint density at radius 2 is 1.92 bits per heavy atom. The SMILES string of the molecule is C/C=C1/CCN(C)C/C1=C/N.CC. The van der Waals surface area contributed by atoms with Gasteiger partial charge >= 0.3 is 0 Å². The summed E-state index contributed by atoms with van der Waals surface area (Å²) in [6.07, 6.45) is 5.02. The molecule has 0 bridgehead atoms. The minimum atomic E-state index is 0.996. The Labute approximate surface area is 82.1 Å². The van der Waals surface area contributed by atoms with Crippen LogP contribution in [0.3, 0.4) is 0 Å². The zero-order chi connectivity index (χ0) is 10.3. The Morgan fingerprint density at radius 3 is 2.38 bits per heavy atom. The largest absolute Gasteiger partial charge is 0.404 e. The van der Waals surface area contributed by atoms with Crippen molar-refractivity contribution in [2.75, 3.05) is 20.1 Å². The Hall–Kier alpha value is -0.760. The zero-order valence-electron chi connectivity index (χ0n) is 9.30. The Balaban J connectivity index is 0.000000671.